The number of rotatable bonds is 6. The molecule has 124 valence electrons. The Bertz CT molecular complexity index is 562. The van der Waals surface area contributed by atoms with Crippen molar-refractivity contribution in [3.63, 3.8) is 0 Å². The molecule has 6 heteroatoms. The van der Waals surface area contributed by atoms with Crippen molar-refractivity contribution in [1.29, 1.82) is 0 Å². The van der Waals surface area contributed by atoms with Gasteiger partial charge in [-0.25, -0.2) is 0 Å². The molecule has 2 atom stereocenters. The Balaban J connectivity index is 1.94. The van der Waals surface area contributed by atoms with Crippen LogP contribution in [0.15, 0.2) is 30.3 Å². The predicted octanol–water partition coefficient (Wildman–Crippen LogP) is 2.22. The van der Waals surface area contributed by atoms with Crippen LogP contribution >= 0.6 is 0 Å². The van der Waals surface area contributed by atoms with Crippen molar-refractivity contribution in [1.82, 2.24) is 9.03 Å². The van der Waals surface area contributed by atoms with Crippen molar-refractivity contribution >= 4 is 15.9 Å². The molecule has 0 radical (unpaired) electrons. The van der Waals surface area contributed by atoms with E-state index in [1.807, 2.05) is 51.2 Å². The Morgan fingerprint density at radius 2 is 2.00 bits per heavy atom. The summed E-state index contributed by atoms with van der Waals surface area (Å²) in [6.45, 7) is 5.15. The number of hydrogen-bond acceptors (Lipinski definition) is 3. The van der Waals surface area contributed by atoms with Crippen LogP contribution in [0, 0.1) is 0 Å². The second-order valence-electron chi connectivity index (χ2n) is 6.20. The van der Waals surface area contributed by atoms with Crippen molar-refractivity contribution in [2.75, 3.05) is 25.0 Å². The highest BCUT2D eigenvalue weighted by molar-refractivity contribution is 7.87. The normalized spacial score (nSPS) is 21.5. The van der Waals surface area contributed by atoms with Crippen LogP contribution in [0.1, 0.15) is 33.1 Å². The summed E-state index contributed by atoms with van der Waals surface area (Å²) in [5.41, 5.74) is 1.08. The Kier molecular flexibility index (Phi) is 5.83. The maximum Gasteiger partial charge on any atom is 0.279 e. The van der Waals surface area contributed by atoms with Crippen LogP contribution in [0.5, 0.6) is 0 Å². The van der Waals surface area contributed by atoms with E-state index in [4.69, 9.17) is 0 Å². The van der Waals surface area contributed by atoms with Gasteiger partial charge in [0.15, 0.2) is 0 Å². The lowest BCUT2D eigenvalue weighted by molar-refractivity contribution is 0.264. The molecule has 1 N–H and O–H groups in total. The van der Waals surface area contributed by atoms with E-state index in [0.717, 1.165) is 24.9 Å². The highest BCUT2D eigenvalue weighted by atomic mass is 32.2. The summed E-state index contributed by atoms with van der Waals surface area (Å²) >= 11 is 0. The van der Waals surface area contributed by atoms with E-state index in [2.05, 4.69) is 9.62 Å². The number of likely N-dealkylation sites (N-methyl/N-ethyl adjacent to an activating group) is 1. The first-order valence-electron chi connectivity index (χ1n) is 7.95. The van der Waals surface area contributed by atoms with Gasteiger partial charge in [-0.15, -0.1) is 0 Å². The quantitative estimate of drug-likeness (QED) is 0.872. The van der Waals surface area contributed by atoms with Gasteiger partial charge in [0.05, 0.1) is 0 Å². The summed E-state index contributed by atoms with van der Waals surface area (Å²) in [5, 5.41) is 0. The van der Waals surface area contributed by atoms with Crippen molar-refractivity contribution < 1.29 is 8.42 Å². The topological polar surface area (TPSA) is 52.7 Å². The molecule has 1 aromatic carbocycles. The van der Waals surface area contributed by atoms with Gasteiger partial charge >= 0.3 is 0 Å². The fourth-order valence-electron chi connectivity index (χ4n) is 2.99. The Labute approximate surface area is 134 Å². The van der Waals surface area contributed by atoms with Gasteiger partial charge in [-0.05, 0) is 38.8 Å². The number of nitrogens with one attached hydrogen (secondary N) is 1. The van der Waals surface area contributed by atoms with Crippen molar-refractivity contribution in [3.05, 3.63) is 30.3 Å². The van der Waals surface area contributed by atoms with Crippen LogP contribution in [-0.4, -0.2) is 44.9 Å². The maximum atomic E-state index is 12.5. The van der Waals surface area contributed by atoms with E-state index in [0.29, 0.717) is 13.1 Å². The zero-order valence-corrected chi connectivity index (χ0v) is 14.5. The molecule has 0 spiro atoms. The fourth-order valence-corrected chi connectivity index (χ4v) is 4.65. The largest absolute Gasteiger partial charge is 0.373 e. The number of piperidine rings is 1. The molecule has 1 fully saturated rings. The predicted molar refractivity (Wildman–Crippen MR) is 91.2 cm³/mol. The number of para-hydroxylation sites is 1. The van der Waals surface area contributed by atoms with E-state index < -0.39 is 10.2 Å². The van der Waals surface area contributed by atoms with Gasteiger partial charge in [0.25, 0.3) is 10.2 Å². The van der Waals surface area contributed by atoms with Gasteiger partial charge < -0.3 is 4.90 Å². The lowest BCUT2D eigenvalue weighted by atomic mass is 10.1. The smallest absolute Gasteiger partial charge is 0.279 e. The minimum atomic E-state index is -3.40. The molecule has 1 aromatic rings. The number of benzene rings is 1. The van der Waals surface area contributed by atoms with Crippen molar-refractivity contribution in [2.24, 2.45) is 0 Å². The van der Waals surface area contributed by atoms with Crippen LogP contribution in [0.2, 0.25) is 0 Å². The molecule has 1 saturated heterocycles. The Hall–Kier alpha value is -1.11. The highest BCUT2D eigenvalue weighted by Gasteiger charge is 2.30. The summed E-state index contributed by atoms with van der Waals surface area (Å²) in [7, 11) is -1.43. The lowest BCUT2D eigenvalue weighted by Gasteiger charge is -2.34. The minimum Gasteiger partial charge on any atom is -0.373 e. The number of anilines is 1. The third kappa shape index (κ3) is 4.44. The number of nitrogens with zero attached hydrogens (tertiary/aromatic N) is 2. The summed E-state index contributed by atoms with van der Waals surface area (Å²) < 4.78 is 29.5. The van der Waals surface area contributed by atoms with Crippen LogP contribution in [-0.2, 0) is 10.2 Å². The van der Waals surface area contributed by atoms with Crippen LogP contribution in [0.25, 0.3) is 0 Å². The molecular formula is C16H27N3O2S. The summed E-state index contributed by atoms with van der Waals surface area (Å²) in [6.07, 6.45) is 3.00. The molecule has 1 aliphatic rings. The molecular weight excluding hydrogens is 298 g/mol. The molecule has 0 unspecified atom stereocenters. The molecule has 0 bridgehead atoms. The van der Waals surface area contributed by atoms with Gasteiger partial charge in [0.1, 0.15) is 0 Å². The maximum absolute atomic E-state index is 12.5. The van der Waals surface area contributed by atoms with E-state index in [9.17, 15) is 8.42 Å². The molecule has 0 amide bonds. The van der Waals surface area contributed by atoms with Crippen molar-refractivity contribution in [3.8, 4) is 0 Å². The van der Waals surface area contributed by atoms with Gasteiger partial charge in [-0.1, -0.05) is 24.6 Å². The third-order valence-corrected chi connectivity index (χ3v) is 6.01. The second-order valence-corrected chi connectivity index (χ2v) is 7.85. The standard InChI is InChI=1S/C16H27N3O2S/c1-14(13-18(3)16-10-5-4-6-11-16)17-22(20,21)19-12-8-7-9-15(19)2/h4-6,10-11,14-15,17H,7-9,12-13H2,1-3H3/t14-,15-/m0/s1. The monoisotopic (exact) mass is 325 g/mol. The molecule has 1 aliphatic heterocycles. The molecule has 5 nitrogen and oxygen atoms in total. The zero-order valence-electron chi connectivity index (χ0n) is 13.7. The highest BCUT2D eigenvalue weighted by Crippen LogP contribution is 2.19. The summed E-state index contributed by atoms with van der Waals surface area (Å²) in [6, 6.07) is 9.92. The van der Waals surface area contributed by atoms with E-state index >= 15 is 0 Å². The second kappa shape index (κ2) is 7.44. The molecule has 0 saturated carbocycles. The summed E-state index contributed by atoms with van der Waals surface area (Å²) in [4.78, 5) is 2.06. The average Bonchev–Trinajstić information content (AvgIpc) is 2.47. The Morgan fingerprint density at radius 3 is 2.64 bits per heavy atom. The lowest BCUT2D eigenvalue weighted by Crippen LogP contribution is -2.51. The van der Waals surface area contributed by atoms with Crippen LogP contribution in [0.4, 0.5) is 5.69 Å². The van der Waals surface area contributed by atoms with Gasteiger partial charge in [0.2, 0.25) is 0 Å². The van der Waals surface area contributed by atoms with Gasteiger partial charge in [-0.3, -0.25) is 0 Å². The van der Waals surface area contributed by atoms with Crippen LogP contribution < -0.4 is 9.62 Å². The number of hydrogen-bond donors (Lipinski definition) is 1. The molecule has 0 aromatic heterocycles. The van der Waals surface area contributed by atoms with E-state index in [1.54, 1.807) is 4.31 Å². The fraction of sp³-hybridized carbons (Fsp3) is 0.625. The Morgan fingerprint density at radius 1 is 1.32 bits per heavy atom. The first-order chi connectivity index (χ1) is 10.4. The van der Waals surface area contributed by atoms with Gasteiger partial charge in [-0.2, -0.15) is 17.4 Å². The zero-order chi connectivity index (χ0) is 16.2. The van der Waals surface area contributed by atoms with Crippen molar-refractivity contribution in [2.45, 2.75) is 45.2 Å². The minimum absolute atomic E-state index is 0.0882. The molecule has 0 aliphatic carbocycles. The molecule has 2 rings (SSSR count). The van der Waals surface area contributed by atoms with Gasteiger partial charge in [0, 0.05) is 37.9 Å². The average molecular weight is 325 g/mol. The first-order valence-corrected chi connectivity index (χ1v) is 9.39. The third-order valence-electron chi connectivity index (χ3n) is 4.15. The summed E-state index contributed by atoms with van der Waals surface area (Å²) in [5.74, 6) is 0. The first kappa shape index (κ1) is 17.2. The molecule has 22 heavy (non-hydrogen) atoms. The van der Waals surface area contributed by atoms with E-state index in [-0.39, 0.29) is 12.1 Å². The van der Waals surface area contributed by atoms with E-state index in [1.165, 1.54) is 0 Å². The SMILES string of the molecule is C[C@@H](CN(C)c1ccccc1)NS(=O)(=O)N1CCCC[C@@H]1C. The molecule has 1 heterocycles. The van der Waals surface area contributed by atoms with Crippen LogP contribution in [0.3, 0.4) is 0 Å².